The van der Waals surface area contributed by atoms with Gasteiger partial charge in [0, 0.05) is 29.0 Å². The van der Waals surface area contributed by atoms with Crippen LogP contribution >= 0.6 is 27.7 Å². The number of carbonyl (C=O) groups excluding carboxylic acids is 1. The Kier molecular flexibility index (Phi) is 6.54. The summed E-state index contributed by atoms with van der Waals surface area (Å²) in [5.74, 6) is 2.16. The fraction of sp³-hybridized carbons (Fsp3) is 0.455. The van der Waals surface area contributed by atoms with Crippen LogP contribution in [0.2, 0.25) is 0 Å². The van der Waals surface area contributed by atoms with E-state index in [1.807, 2.05) is 17.0 Å². The average Bonchev–Trinajstić information content (AvgIpc) is 3.18. The summed E-state index contributed by atoms with van der Waals surface area (Å²) in [5, 5.41) is 0.772. The number of carbonyl (C=O) groups is 1. The molecular weight excluding hydrogens is 522 g/mol. The molecule has 1 aromatic carbocycles. The Labute approximate surface area is 209 Å². The monoisotopic (exact) mass is 547 g/mol. The lowest BCUT2D eigenvalue weighted by molar-refractivity contribution is -0.133. The molecule has 1 amide bonds. The SMILES string of the molecule is CC(N)C(=O)N1CCC(Cn2c(Sc3cc4c(cc3Br)OCCO4)nc3c(N)ncnc32)CC1. The first kappa shape index (κ1) is 23.2. The predicted octanol–water partition coefficient (Wildman–Crippen LogP) is 2.68. The van der Waals surface area contributed by atoms with E-state index in [0.29, 0.717) is 55.0 Å². The number of rotatable bonds is 5. The Bertz CT molecular complexity index is 1230. The van der Waals surface area contributed by atoms with Crippen LogP contribution in [-0.4, -0.2) is 62.7 Å². The Balaban J connectivity index is 1.42. The number of piperidine rings is 1. The van der Waals surface area contributed by atoms with Crippen molar-refractivity contribution in [1.29, 1.82) is 0 Å². The van der Waals surface area contributed by atoms with Crippen LogP contribution in [0.15, 0.2) is 33.0 Å². The molecule has 1 unspecified atom stereocenters. The smallest absolute Gasteiger partial charge is 0.239 e. The quantitative estimate of drug-likeness (QED) is 0.494. The van der Waals surface area contributed by atoms with Gasteiger partial charge in [-0.15, -0.1) is 0 Å². The molecular formula is C22H26BrN7O3S. The molecule has 0 aliphatic carbocycles. The standard InChI is InChI=1S/C22H26BrN7O3S/c1-12(24)21(31)29-4-2-13(3-5-29)10-30-20-18(19(25)26-11-27-20)28-22(30)34-17-9-16-15(8-14(17)23)32-6-7-33-16/h8-9,11-13H,2-7,10,24H2,1H3,(H2,25,26,27). The fourth-order valence-corrected chi connectivity index (χ4v) is 5.77. The molecule has 2 aliphatic rings. The van der Waals surface area contributed by atoms with Crippen LogP contribution in [0.5, 0.6) is 11.5 Å². The van der Waals surface area contributed by atoms with Gasteiger partial charge in [-0.1, -0.05) is 11.8 Å². The van der Waals surface area contributed by atoms with Crippen molar-refractivity contribution in [2.45, 2.75) is 42.4 Å². The number of likely N-dealkylation sites (tertiary alicyclic amines) is 1. The fourth-order valence-electron chi connectivity index (χ4n) is 4.28. The van der Waals surface area contributed by atoms with E-state index in [0.717, 1.165) is 39.7 Å². The Morgan fingerprint density at radius 3 is 2.65 bits per heavy atom. The Hall–Kier alpha value is -2.57. The molecule has 3 aromatic rings. The third-order valence-electron chi connectivity index (χ3n) is 6.08. The van der Waals surface area contributed by atoms with E-state index in [1.165, 1.54) is 18.1 Å². The number of hydrogen-bond acceptors (Lipinski definition) is 9. The molecule has 1 atom stereocenters. The number of ether oxygens (including phenoxy) is 2. The maximum Gasteiger partial charge on any atom is 0.239 e. The second-order valence-corrected chi connectivity index (χ2v) is 10.4. The van der Waals surface area contributed by atoms with Crippen molar-refractivity contribution < 1.29 is 14.3 Å². The number of benzene rings is 1. The zero-order valence-corrected chi connectivity index (χ0v) is 21.1. The molecule has 2 aliphatic heterocycles. The van der Waals surface area contributed by atoms with Gasteiger partial charge in [-0.2, -0.15) is 0 Å². The normalized spacial score (nSPS) is 17.2. The van der Waals surface area contributed by atoms with Crippen molar-refractivity contribution in [2.24, 2.45) is 11.7 Å². The second kappa shape index (κ2) is 9.59. The molecule has 5 rings (SSSR count). The van der Waals surface area contributed by atoms with E-state index >= 15 is 0 Å². The molecule has 4 N–H and O–H groups in total. The minimum Gasteiger partial charge on any atom is -0.486 e. The number of fused-ring (bicyclic) bond motifs is 2. The number of imidazole rings is 1. The molecule has 10 nitrogen and oxygen atoms in total. The zero-order valence-electron chi connectivity index (χ0n) is 18.7. The number of nitrogens with two attached hydrogens (primary N) is 2. The molecule has 0 saturated carbocycles. The maximum absolute atomic E-state index is 12.3. The van der Waals surface area contributed by atoms with Crippen molar-refractivity contribution in [2.75, 3.05) is 32.0 Å². The van der Waals surface area contributed by atoms with Crippen LogP contribution in [0, 0.1) is 5.92 Å². The minimum absolute atomic E-state index is 0.00625. The molecule has 2 aromatic heterocycles. The van der Waals surface area contributed by atoms with Gasteiger partial charge < -0.3 is 30.4 Å². The molecule has 34 heavy (non-hydrogen) atoms. The van der Waals surface area contributed by atoms with E-state index in [4.69, 9.17) is 25.9 Å². The summed E-state index contributed by atoms with van der Waals surface area (Å²) >= 11 is 5.16. The van der Waals surface area contributed by atoms with Crippen LogP contribution in [0.3, 0.4) is 0 Å². The van der Waals surface area contributed by atoms with E-state index in [1.54, 1.807) is 6.92 Å². The third kappa shape index (κ3) is 4.53. The van der Waals surface area contributed by atoms with Crippen molar-refractivity contribution in [3.8, 4) is 11.5 Å². The lowest BCUT2D eigenvalue weighted by Gasteiger charge is -2.33. The highest BCUT2D eigenvalue weighted by Gasteiger charge is 2.27. The van der Waals surface area contributed by atoms with Gasteiger partial charge in [0.25, 0.3) is 0 Å². The van der Waals surface area contributed by atoms with Gasteiger partial charge >= 0.3 is 0 Å². The Morgan fingerprint density at radius 1 is 1.24 bits per heavy atom. The number of aromatic nitrogens is 4. The first-order valence-electron chi connectivity index (χ1n) is 11.2. The molecule has 180 valence electrons. The number of nitrogens with zero attached hydrogens (tertiary/aromatic N) is 5. The lowest BCUT2D eigenvalue weighted by Crippen LogP contribution is -2.46. The number of nitrogen functional groups attached to an aromatic ring is 1. The van der Waals surface area contributed by atoms with Crippen molar-refractivity contribution in [1.82, 2.24) is 24.4 Å². The van der Waals surface area contributed by atoms with Crippen molar-refractivity contribution in [3.63, 3.8) is 0 Å². The van der Waals surface area contributed by atoms with E-state index in [9.17, 15) is 4.79 Å². The maximum atomic E-state index is 12.3. The number of hydrogen-bond donors (Lipinski definition) is 2. The molecule has 0 radical (unpaired) electrons. The molecule has 1 saturated heterocycles. The molecule has 0 bridgehead atoms. The van der Waals surface area contributed by atoms with Gasteiger partial charge in [-0.3, -0.25) is 4.79 Å². The van der Waals surface area contributed by atoms with Crippen LogP contribution in [0.25, 0.3) is 11.2 Å². The molecule has 12 heteroatoms. The summed E-state index contributed by atoms with van der Waals surface area (Å²) in [4.78, 5) is 28.5. The highest BCUT2D eigenvalue weighted by Crippen LogP contribution is 2.42. The van der Waals surface area contributed by atoms with Gasteiger partial charge in [-0.25, -0.2) is 15.0 Å². The highest BCUT2D eigenvalue weighted by atomic mass is 79.9. The lowest BCUT2D eigenvalue weighted by atomic mass is 9.96. The zero-order chi connectivity index (χ0) is 23.8. The van der Waals surface area contributed by atoms with E-state index < -0.39 is 6.04 Å². The third-order valence-corrected chi connectivity index (χ3v) is 8.05. The van der Waals surface area contributed by atoms with E-state index in [-0.39, 0.29) is 5.91 Å². The number of amides is 1. The second-order valence-electron chi connectivity index (χ2n) is 8.52. The first-order chi connectivity index (χ1) is 16.4. The van der Waals surface area contributed by atoms with E-state index in [2.05, 4.69) is 30.5 Å². The van der Waals surface area contributed by atoms with Gasteiger partial charge in [0.1, 0.15) is 19.5 Å². The van der Waals surface area contributed by atoms with Crippen molar-refractivity contribution in [3.05, 3.63) is 22.9 Å². The van der Waals surface area contributed by atoms with Gasteiger partial charge in [0.2, 0.25) is 5.91 Å². The summed E-state index contributed by atoms with van der Waals surface area (Å²) < 4.78 is 14.4. The van der Waals surface area contributed by atoms with Crippen molar-refractivity contribution >= 4 is 50.6 Å². The largest absolute Gasteiger partial charge is 0.486 e. The molecule has 4 heterocycles. The van der Waals surface area contributed by atoms with Crippen LogP contribution < -0.4 is 20.9 Å². The van der Waals surface area contributed by atoms with Gasteiger partial charge in [-0.05, 0) is 53.7 Å². The van der Waals surface area contributed by atoms with Gasteiger partial charge in [0.05, 0.1) is 6.04 Å². The number of anilines is 1. The average molecular weight is 548 g/mol. The number of halogens is 1. The topological polar surface area (TPSA) is 134 Å². The summed E-state index contributed by atoms with van der Waals surface area (Å²) in [7, 11) is 0. The van der Waals surface area contributed by atoms with Crippen LogP contribution in [0.4, 0.5) is 5.82 Å². The summed E-state index contributed by atoms with van der Waals surface area (Å²) in [6.45, 7) is 4.91. The molecule has 0 spiro atoms. The first-order valence-corrected chi connectivity index (χ1v) is 12.8. The molecule has 1 fully saturated rings. The van der Waals surface area contributed by atoms with Gasteiger partial charge in [0.15, 0.2) is 33.6 Å². The van der Waals surface area contributed by atoms with Crippen LogP contribution in [0.1, 0.15) is 19.8 Å². The highest BCUT2D eigenvalue weighted by molar-refractivity contribution is 9.10. The minimum atomic E-state index is -0.471. The Morgan fingerprint density at radius 2 is 1.94 bits per heavy atom. The summed E-state index contributed by atoms with van der Waals surface area (Å²) in [6, 6.07) is 3.41. The summed E-state index contributed by atoms with van der Waals surface area (Å²) in [6.07, 6.45) is 3.24. The summed E-state index contributed by atoms with van der Waals surface area (Å²) in [5.41, 5.74) is 13.2. The van der Waals surface area contributed by atoms with Crippen LogP contribution in [-0.2, 0) is 11.3 Å². The predicted molar refractivity (Wildman–Crippen MR) is 132 cm³/mol.